The van der Waals surface area contributed by atoms with Crippen LogP contribution in [-0.2, 0) is 11.3 Å². The van der Waals surface area contributed by atoms with Gasteiger partial charge in [0.15, 0.2) is 0 Å². The Balaban J connectivity index is 2.82. The summed E-state index contributed by atoms with van der Waals surface area (Å²) in [6.07, 6.45) is 0. The SMILES string of the molecule is CCOCC(NCc1cc([N+](=O)[O-])c(F)cc1F)C(C)C. The zero-order chi connectivity index (χ0) is 16.0. The Morgan fingerprint density at radius 2 is 2.00 bits per heavy atom. The molecule has 1 aromatic carbocycles. The molecular formula is C14H20F2N2O3. The molecular weight excluding hydrogens is 282 g/mol. The Morgan fingerprint density at radius 3 is 2.52 bits per heavy atom. The van der Waals surface area contributed by atoms with E-state index in [0.717, 1.165) is 6.07 Å². The minimum absolute atomic E-state index is 0.0199. The summed E-state index contributed by atoms with van der Waals surface area (Å²) >= 11 is 0. The monoisotopic (exact) mass is 302 g/mol. The minimum Gasteiger partial charge on any atom is -0.380 e. The predicted molar refractivity (Wildman–Crippen MR) is 75.0 cm³/mol. The van der Waals surface area contributed by atoms with Crippen LogP contribution in [0.3, 0.4) is 0 Å². The molecule has 0 radical (unpaired) electrons. The fraction of sp³-hybridized carbons (Fsp3) is 0.571. The van der Waals surface area contributed by atoms with Gasteiger partial charge in [0.25, 0.3) is 0 Å². The normalized spacial score (nSPS) is 12.7. The molecule has 0 saturated carbocycles. The van der Waals surface area contributed by atoms with Gasteiger partial charge in [-0.2, -0.15) is 4.39 Å². The lowest BCUT2D eigenvalue weighted by Gasteiger charge is -2.22. The zero-order valence-electron chi connectivity index (χ0n) is 12.4. The van der Waals surface area contributed by atoms with Crippen molar-refractivity contribution in [2.75, 3.05) is 13.2 Å². The van der Waals surface area contributed by atoms with Crippen LogP contribution in [0.1, 0.15) is 26.3 Å². The number of nitro benzene ring substituents is 1. The number of halogens is 2. The summed E-state index contributed by atoms with van der Waals surface area (Å²) in [7, 11) is 0. The van der Waals surface area contributed by atoms with E-state index in [1.54, 1.807) is 0 Å². The number of benzene rings is 1. The standard InChI is InChI=1S/C14H20F2N2O3/c1-4-21-8-13(9(2)3)17-7-10-5-14(18(19)20)12(16)6-11(10)15/h5-6,9,13,17H,4,7-8H2,1-3H3. The van der Waals surface area contributed by atoms with Crippen LogP contribution in [0, 0.1) is 27.7 Å². The first-order chi connectivity index (χ1) is 9.86. The third-order valence-electron chi connectivity index (χ3n) is 3.17. The van der Waals surface area contributed by atoms with Crippen molar-refractivity contribution in [2.45, 2.75) is 33.4 Å². The van der Waals surface area contributed by atoms with Crippen LogP contribution >= 0.6 is 0 Å². The number of nitrogens with one attached hydrogen (secondary N) is 1. The van der Waals surface area contributed by atoms with Crippen molar-refractivity contribution in [3.8, 4) is 0 Å². The second-order valence-corrected chi connectivity index (χ2v) is 5.04. The number of nitro groups is 1. The molecule has 0 aliphatic carbocycles. The lowest BCUT2D eigenvalue weighted by molar-refractivity contribution is -0.387. The molecule has 1 aromatic rings. The molecule has 21 heavy (non-hydrogen) atoms. The van der Waals surface area contributed by atoms with E-state index < -0.39 is 22.2 Å². The van der Waals surface area contributed by atoms with Gasteiger partial charge in [0.2, 0.25) is 5.82 Å². The van der Waals surface area contributed by atoms with E-state index in [0.29, 0.717) is 19.3 Å². The average Bonchev–Trinajstić information content (AvgIpc) is 2.39. The van der Waals surface area contributed by atoms with Gasteiger partial charge in [-0.25, -0.2) is 4.39 Å². The van der Waals surface area contributed by atoms with E-state index in [-0.39, 0.29) is 24.1 Å². The highest BCUT2D eigenvalue weighted by atomic mass is 19.1. The lowest BCUT2D eigenvalue weighted by Crippen LogP contribution is -2.37. The molecule has 1 unspecified atom stereocenters. The molecule has 5 nitrogen and oxygen atoms in total. The van der Waals surface area contributed by atoms with Crippen LogP contribution in [0.15, 0.2) is 12.1 Å². The fourth-order valence-corrected chi connectivity index (χ4v) is 1.83. The van der Waals surface area contributed by atoms with Gasteiger partial charge in [0.05, 0.1) is 11.5 Å². The molecule has 0 aliphatic heterocycles. The summed E-state index contributed by atoms with van der Waals surface area (Å²) in [5, 5.41) is 13.8. The Kier molecular flexibility index (Phi) is 6.64. The molecule has 1 rings (SSSR count). The van der Waals surface area contributed by atoms with Crippen LogP contribution in [0.2, 0.25) is 0 Å². The summed E-state index contributed by atoms with van der Waals surface area (Å²) in [5.74, 6) is -1.73. The van der Waals surface area contributed by atoms with Crippen LogP contribution in [-0.4, -0.2) is 24.2 Å². The van der Waals surface area contributed by atoms with Gasteiger partial charge in [-0.3, -0.25) is 10.1 Å². The van der Waals surface area contributed by atoms with Crippen molar-refractivity contribution in [3.05, 3.63) is 39.4 Å². The van der Waals surface area contributed by atoms with Crippen molar-refractivity contribution in [3.63, 3.8) is 0 Å². The van der Waals surface area contributed by atoms with Gasteiger partial charge >= 0.3 is 5.69 Å². The Morgan fingerprint density at radius 1 is 1.33 bits per heavy atom. The smallest absolute Gasteiger partial charge is 0.305 e. The van der Waals surface area contributed by atoms with E-state index >= 15 is 0 Å². The van der Waals surface area contributed by atoms with Crippen LogP contribution < -0.4 is 5.32 Å². The summed E-state index contributed by atoms with van der Waals surface area (Å²) < 4.78 is 32.2. The lowest BCUT2D eigenvalue weighted by atomic mass is 10.0. The molecule has 0 heterocycles. The van der Waals surface area contributed by atoms with E-state index in [1.807, 2.05) is 20.8 Å². The highest BCUT2D eigenvalue weighted by Crippen LogP contribution is 2.21. The molecule has 0 aromatic heterocycles. The van der Waals surface area contributed by atoms with E-state index in [4.69, 9.17) is 4.74 Å². The topological polar surface area (TPSA) is 64.4 Å². The Bertz CT molecular complexity index is 495. The number of nitrogens with zero attached hydrogens (tertiary/aromatic N) is 1. The maximum Gasteiger partial charge on any atom is 0.305 e. The van der Waals surface area contributed by atoms with Crippen LogP contribution in [0.25, 0.3) is 0 Å². The quantitative estimate of drug-likeness (QED) is 0.592. The van der Waals surface area contributed by atoms with Crippen molar-refractivity contribution in [1.29, 1.82) is 0 Å². The molecule has 1 atom stereocenters. The fourth-order valence-electron chi connectivity index (χ4n) is 1.83. The van der Waals surface area contributed by atoms with E-state index in [9.17, 15) is 18.9 Å². The number of ether oxygens (including phenoxy) is 1. The first-order valence-corrected chi connectivity index (χ1v) is 6.80. The number of hydrogen-bond donors (Lipinski definition) is 1. The molecule has 0 saturated heterocycles. The molecule has 0 spiro atoms. The van der Waals surface area contributed by atoms with E-state index in [1.165, 1.54) is 0 Å². The first kappa shape index (κ1) is 17.5. The Hall–Kier alpha value is -1.60. The minimum atomic E-state index is -1.17. The number of hydrogen-bond acceptors (Lipinski definition) is 4. The van der Waals surface area contributed by atoms with Gasteiger partial charge < -0.3 is 10.1 Å². The Labute approximate surface area is 122 Å². The highest BCUT2D eigenvalue weighted by molar-refractivity contribution is 5.37. The van der Waals surface area contributed by atoms with Gasteiger partial charge in [0, 0.05) is 36.9 Å². The molecule has 0 aliphatic rings. The third kappa shape index (κ3) is 5.02. The predicted octanol–water partition coefficient (Wildman–Crippen LogP) is 3.02. The molecule has 118 valence electrons. The maximum absolute atomic E-state index is 13.7. The third-order valence-corrected chi connectivity index (χ3v) is 3.17. The molecule has 0 amide bonds. The second kappa shape index (κ2) is 7.99. The van der Waals surface area contributed by atoms with Crippen molar-refractivity contribution in [2.24, 2.45) is 5.92 Å². The van der Waals surface area contributed by atoms with Crippen LogP contribution in [0.5, 0.6) is 0 Å². The summed E-state index contributed by atoms with van der Waals surface area (Å²) in [4.78, 5) is 9.81. The first-order valence-electron chi connectivity index (χ1n) is 6.80. The number of rotatable bonds is 8. The van der Waals surface area contributed by atoms with Gasteiger partial charge in [0.1, 0.15) is 5.82 Å². The summed E-state index contributed by atoms with van der Waals surface area (Å²) in [6, 6.07) is 1.45. The van der Waals surface area contributed by atoms with Crippen LogP contribution in [0.4, 0.5) is 14.5 Å². The second-order valence-electron chi connectivity index (χ2n) is 5.04. The van der Waals surface area contributed by atoms with Crippen molar-refractivity contribution in [1.82, 2.24) is 5.32 Å². The largest absolute Gasteiger partial charge is 0.380 e. The van der Waals surface area contributed by atoms with Gasteiger partial charge in [-0.1, -0.05) is 13.8 Å². The molecule has 7 heteroatoms. The van der Waals surface area contributed by atoms with Crippen molar-refractivity contribution < 1.29 is 18.4 Å². The molecule has 0 bridgehead atoms. The van der Waals surface area contributed by atoms with Gasteiger partial charge in [-0.15, -0.1) is 0 Å². The van der Waals surface area contributed by atoms with E-state index in [2.05, 4.69) is 5.32 Å². The summed E-state index contributed by atoms with van der Waals surface area (Å²) in [5.41, 5.74) is -0.663. The zero-order valence-corrected chi connectivity index (χ0v) is 12.4. The van der Waals surface area contributed by atoms with Gasteiger partial charge in [-0.05, 0) is 12.8 Å². The maximum atomic E-state index is 13.7. The average molecular weight is 302 g/mol. The van der Waals surface area contributed by atoms with Crippen molar-refractivity contribution >= 4 is 5.69 Å². The highest BCUT2D eigenvalue weighted by Gasteiger charge is 2.20. The molecule has 0 fully saturated rings. The molecule has 1 N–H and O–H groups in total. The summed E-state index contributed by atoms with van der Waals surface area (Å²) in [6.45, 7) is 6.95.